The highest BCUT2D eigenvalue weighted by molar-refractivity contribution is 5.45. The quantitative estimate of drug-likeness (QED) is 0.788. The molecule has 3 heteroatoms. The third kappa shape index (κ3) is 4.55. The van der Waals surface area contributed by atoms with Crippen LogP contribution in [0.1, 0.15) is 48.3 Å². The Balaban J connectivity index is 1.50. The highest BCUT2D eigenvalue weighted by Gasteiger charge is 2.22. The van der Waals surface area contributed by atoms with Gasteiger partial charge < -0.3 is 15.2 Å². The molecule has 0 aromatic heterocycles. The molecule has 2 aromatic carbocycles. The Kier molecular flexibility index (Phi) is 5.98. The van der Waals surface area contributed by atoms with Crippen LogP contribution in [0.3, 0.4) is 0 Å². The van der Waals surface area contributed by atoms with Crippen LogP contribution >= 0.6 is 0 Å². The normalized spacial score (nSPS) is 20.3. The third-order valence-corrected chi connectivity index (χ3v) is 5.44. The summed E-state index contributed by atoms with van der Waals surface area (Å²) >= 11 is 0. The van der Waals surface area contributed by atoms with Crippen molar-refractivity contribution in [3.05, 3.63) is 59.2 Å². The SMILES string of the molecule is COc1ccc(C2CCC(CNc3cccc(CO)c3)CC2)cc1C. The maximum Gasteiger partial charge on any atom is 0.121 e. The van der Waals surface area contributed by atoms with E-state index in [1.165, 1.54) is 36.8 Å². The molecule has 0 aliphatic heterocycles. The van der Waals surface area contributed by atoms with Crippen molar-refractivity contribution in [1.82, 2.24) is 0 Å². The van der Waals surface area contributed by atoms with Crippen LogP contribution in [-0.2, 0) is 6.61 Å². The fraction of sp³-hybridized carbons (Fsp3) is 0.455. The van der Waals surface area contributed by atoms with Crippen LogP contribution in [-0.4, -0.2) is 18.8 Å². The number of benzene rings is 2. The lowest BCUT2D eigenvalue weighted by Gasteiger charge is -2.29. The van der Waals surface area contributed by atoms with Crippen molar-refractivity contribution in [2.45, 2.75) is 45.1 Å². The van der Waals surface area contributed by atoms with Crippen LogP contribution in [0.5, 0.6) is 5.75 Å². The summed E-state index contributed by atoms with van der Waals surface area (Å²) in [5, 5.41) is 12.8. The van der Waals surface area contributed by atoms with Gasteiger partial charge in [-0.05, 0) is 79.3 Å². The number of methoxy groups -OCH3 is 1. The van der Waals surface area contributed by atoms with E-state index >= 15 is 0 Å². The molecule has 0 unspecified atom stereocenters. The van der Waals surface area contributed by atoms with Gasteiger partial charge in [0.2, 0.25) is 0 Å². The fourth-order valence-electron chi connectivity index (χ4n) is 3.90. The Morgan fingerprint density at radius 3 is 2.56 bits per heavy atom. The third-order valence-electron chi connectivity index (χ3n) is 5.44. The van der Waals surface area contributed by atoms with E-state index in [1.54, 1.807) is 7.11 Å². The van der Waals surface area contributed by atoms with E-state index in [1.807, 2.05) is 18.2 Å². The summed E-state index contributed by atoms with van der Waals surface area (Å²) in [5.74, 6) is 2.39. The number of nitrogens with one attached hydrogen (secondary N) is 1. The van der Waals surface area contributed by atoms with Crippen molar-refractivity contribution in [2.24, 2.45) is 5.92 Å². The van der Waals surface area contributed by atoms with E-state index in [0.29, 0.717) is 5.92 Å². The summed E-state index contributed by atoms with van der Waals surface area (Å²) in [6.45, 7) is 3.24. The number of aliphatic hydroxyl groups excluding tert-OH is 1. The topological polar surface area (TPSA) is 41.5 Å². The van der Waals surface area contributed by atoms with Gasteiger partial charge in [0.1, 0.15) is 5.75 Å². The van der Waals surface area contributed by atoms with Gasteiger partial charge in [-0.15, -0.1) is 0 Å². The molecule has 0 atom stereocenters. The van der Waals surface area contributed by atoms with Crippen LogP contribution in [0.25, 0.3) is 0 Å². The minimum atomic E-state index is 0.0991. The van der Waals surface area contributed by atoms with Gasteiger partial charge in [0.05, 0.1) is 13.7 Å². The highest BCUT2D eigenvalue weighted by atomic mass is 16.5. The number of rotatable bonds is 6. The predicted octanol–water partition coefficient (Wildman–Crippen LogP) is 4.88. The van der Waals surface area contributed by atoms with Gasteiger partial charge in [0.15, 0.2) is 0 Å². The Morgan fingerprint density at radius 1 is 1.08 bits per heavy atom. The first-order valence-electron chi connectivity index (χ1n) is 9.28. The van der Waals surface area contributed by atoms with Crippen LogP contribution < -0.4 is 10.1 Å². The number of ether oxygens (including phenoxy) is 1. The monoisotopic (exact) mass is 339 g/mol. The molecular weight excluding hydrogens is 310 g/mol. The van der Waals surface area contributed by atoms with Gasteiger partial charge in [-0.2, -0.15) is 0 Å². The molecule has 0 spiro atoms. The van der Waals surface area contributed by atoms with E-state index in [9.17, 15) is 5.11 Å². The summed E-state index contributed by atoms with van der Waals surface area (Å²) in [6, 6.07) is 14.7. The number of aliphatic hydroxyl groups is 1. The second kappa shape index (κ2) is 8.39. The first kappa shape index (κ1) is 17.8. The van der Waals surface area contributed by atoms with E-state index in [0.717, 1.165) is 29.5 Å². The Labute approximate surface area is 151 Å². The lowest BCUT2D eigenvalue weighted by atomic mass is 9.78. The summed E-state index contributed by atoms with van der Waals surface area (Å²) < 4.78 is 5.37. The van der Waals surface area contributed by atoms with Crippen LogP contribution in [0.15, 0.2) is 42.5 Å². The molecule has 1 aliphatic rings. The minimum Gasteiger partial charge on any atom is -0.496 e. The number of aryl methyl sites for hydroxylation is 1. The molecule has 0 amide bonds. The van der Waals surface area contributed by atoms with Crippen molar-refractivity contribution in [2.75, 3.05) is 19.0 Å². The van der Waals surface area contributed by atoms with Gasteiger partial charge in [-0.3, -0.25) is 0 Å². The van der Waals surface area contributed by atoms with E-state index in [2.05, 4.69) is 36.5 Å². The largest absolute Gasteiger partial charge is 0.496 e. The number of hydrogen-bond acceptors (Lipinski definition) is 3. The summed E-state index contributed by atoms with van der Waals surface area (Å²) in [6.07, 6.45) is 5.05. The van der Waals surface area contributed by atoms with Gasteiger partial charge in [-0.1, -0.05) is 24.3 Å². The molecule has 0 heterocycles. The van der Waals surface area contributed by atoms with Crippen LogP contribution in [0.4, 0.5) is 5.69 Å². The maximum atomic E-state index is 9.23. The van der Waals surface area contributed by atoms with E-state index in [4.69, 9.17) is 4.74 Å². The molecule has 1 saturated carbocycles. The fourth-order valence-corrected chi connectivity index (χ4v) is 3.90. The molecule has 3 rings (SSSR count). The van der Waals surface area contributed by atoms with E-state index in [-0.39, 0.29) is 6.61 Å². The highest BCUT2D eigenvalue weighted by Crippen LogP contribution is 2.37. The van der Waals surface area contributed by atoms with Crippen LogP contribution in [0, 0.1) is 12.8 Å². The lowest BCUT2D eigenvalue weighted by Crippen LogP contribution is -2.20. The summed E-state index contributed by atoms with van der Waals surface area (Å²) in [4.78, 5) is 0. The van der Waals surface area contributed by atoms with Crippen molar-refractivity contribution < 1.29 is 9.84 Å². The van der Waals surface area contributed by atoms with E-state index < -0.39 is 0 Å². The molecule has 1 aliphatic carbocycles. The smallest absolute Gasteiger partial charge is 0.121 e. The zero-order valence-corrected chi connectivity index (χ0v) is 15.3. The van der Waals surface area contributed by atoms with Gasteiger partial charge in [-0.25, -0.2) is 0 Å². The Morgan fingerprint density at radius 2 is 1.88 bits per heavy atom. The van der Waals surface area contributed by atoms with Gasteiger partial charge in [0, 0.05) is 12.2 Å². The standard InChI is InChI=1S/C22H29NO2/c1-16-12-20(10-11-22(16)25-2)19-8-6-17(7-9-19)14-23-21-5-3-4-18(13-21)15-24/h3-5,10-13,17,19,23-24H,6-9,14-15H2,1-2H3. The zero-order chi connectivity index (χ0) is 17.6. The second-order valence-corrected chi connectivity index (χ2v) is 7.19. The molecule has 1 fully saturated rings. The maximum absolute atomic E-state index is 9.23. The summed E-state index contributed by atoms with van der Waals surface area (Å²) in [7, 11) is 1.73. The molecule has 0 saturated heterocycles. The van der Waals surface area contributed by atoms with Gasteiger partial charge >= 0.3 is 0 Å². The second-order valence-electron chi connectivity index (χ2n) is 7.19. The van der Waals surface area contributed by atoms with Crippen molar-refractivity contribution in [1.29, 1.82) is 0 Å². The number of hydrogen-bond donors (Lipinski definition) is 2. The summed E-state index contributed by atoms with van der Waals surface area (Å²) in [5.41, 5.74) is 4.76. The number of anilines is 1. The first-order chi connectivity index (χ1) is 12.2. The molecule has 134 valence electrons. The van der Waals surface area contributed by atoms with Gasteiger partial charge in [0.25, 0.3) is 0 Å². The predicted molar refractivity (Wildman–Crippen MR) is 103 cm³/mol. The molecule has 0 bridgehead atoms. The molecule has 0 radical (unpaired) electrons. The zero-order valence-electron chi connectivity index (χ0n) is 15.3. The van der Waals surface area contributed by atoms with Crippen LogP contribution in [0.2, 0.25) is 0 Å². The first-order valence-corrected chi connectivity index (χ1v) is 9.28. The molecule has 25 heavy (non-hydrogen) atoms. The molecular formula is C22H29NO2. The average molecular weight is 339 g/mol. The van der Waals surface area contributed by atoms with Crippen molar-refractivity contribution in [3.63, 3.8) is 0 Å². The van der Waals surface area contributed by atoms with Crippen molar-refractivity contribution in [3.8, 4) is 5.75 Å². The average Bonchev–Trinajstić information content (AvgIpc) is 2.67. The lowest BCUT2D eigenvalue weighted by molar-refractivity contribution is 0.282. The molecule has 2 aromatic rings. The molecule has 2 N–H and O–H groups in total. The Hall–Kier alpha value is -2.00. The van der Waals surface area contributed by atoms with Crippen molar-refractivity contribution >= 4 is 5.69 Å². The minimum absolute atomic E-state index is 0.0991. The Bertz CT molecular complexity index is 690. The molecule has 3 nitrogen and oxygen atoms in total.